The number of hydrogen-bond acceptors (Lipinski definition) is 5. The summed E-state index contributed by atoms with van der Waals surface area (Å²) in [5.74, 6) is 0.877. The molecule has 1 heterocycles. The molecule has 0 aliphatic heterocycles. The van der Waals surface area contributed by atoms with Gasteiger partial charge in [0.05, 0.1) is 21.3 Å². The number of carbonyl (C=O) groups is 1. The average molecular weight is 313 g/mol. The summed E-state index contributed by atoms with van der Waals surface area (Å²) >= 11 is 0. The Morgan fingerprint density at radius 3 is 2.35 bits per heavy atom. The van der Waals surface area contributed by atoms with Crippen molar-refractivity contribution in [3.8, 4) is 22.8 Å². The molecule has 5 heteroatoms. The first-order valence-corrected chi connectivity index (χ1v) is 7.05. The van der Waals surface area contributed by atoms with Crippen molar-refractivity contribution in [1.29, 1.82) is 0 Å². The van der Waals surface area contributed by atoms with Crippen LogP contribution >= 0.6 is 0 Å². The second-order valence-electron chi connectivity index (χ2n) is 4.80. The van der Waals surface area contributed by atoms with E-state index in [2.05, 4.69) is 9.72 Å². The number of hydrogen-bond donors (Lipinski definition) is 0. The van der Waals surface area contributed by atoms with Crippen LogP contribution in [0.5, 0.6) is 11.6 Å². The first-order valence-electron chi connectivity index (χ1n) is 7.05. The molecule has 120 valence electrons. The molecule has 0 bridgehead atoms. The van der Waals surface area contributed by atoms with E-state index < -0.39 is 5.97 Å². The SMILES string of the molecule is COC(=O)/C=C/c1c(-c2ccc(OC)cc2)cc(OC)nc1C. The van der Waals surface area contributed by atoms with Crippen LogP contribution in [0.3, 0.4) is 0 Å². The van der Waals surface area contributed by atoms with Crippen molar-refractivity contribution in [2.75, 3.05) is 21.3 Å². The minimum atomic E-state index is -0.416. The van der Waals surface area contributed by atoms with E-state index in [0.29, 0.717) is 5.88 Å². The van der Waals surface area contributed by atoms with Gasteiger partial charge in [0, 0.05) is 23.4 Å². The van der Waals surface area contributed by atoms with Crippen LogP contribution in [-0.4, -0.2) is 32.3 Å². The molecule has 0 fully saturated rings. The van der Waals surface area contributed by atoms with E-state index in [4.69, 9.17) is 9.47 Å². The predicted octanol–water partition coefficient (Wildman–Crippen LogP) is 3.26. The molecule has 0 aliphatic rings. The highest BCUT2D eigenvalue weighted by Crippen LogP contribution is 2.31. The van der Waals surface area contributed by atoms with E-state index in [1.165, 1.54) is 13.2 Å². The number of pyridine rings is 1. The third-order valence-electron chi connectivity index (χ3n) is 3.42. The lowest BCUT2D eigenvalue weighted by Crippen LogP contribution is -1.98. The van der Waals surface area contributed by atoms with Gasteiger partial charge >= 0.3 is 5.97 Å². The third-order valence-corrected chi connectivity index (χ3v) is 3.42. The first kappa shape index (κ1) is 16.5. The third kappa shape index (κ3) is 3.88. The molecule has 0 atom stereocenters. The van der Waals surface area contributed by atoms with Gasteiger partial charge in [-0.25, -0.2) is 9.78 Å². The van der Waals surface area contributed by atoms with Gasteiger partial charge in [-0.2, -0.15) is 0 Å². The molecular formula is C18H19NO4. The van der Waals surface area contributed by atoms with Gasteiger partial charge in [-0.15, -0.1) is 0 Å². The van der Waals surface area contributed by atoms with Crippen molar-refractivity contribution in [2.45, 2.75) is 6.92 Å². The fourth-order valence-electron chi connectivity index (χ4n) is 2.20. The van der Waals surface area contributed by atoms with Crippen molar-refractivity contribution in [2.24, 2.45) is 0 Å². The normalized spacial score (nSPS) is 10.6. The smallest absolute Gasteiger partial charge is 0.330 e. The number of rotatable bonds is 5. The van der Waals surface area contributed by atoms with Gasteiger partial charge in [0.1, 0.15) is 5.75 Å². The van der Waals surface area contributed by atoms with Gasteiger partial charge in [0.2, 0.25) is 5.88 Å². The summed E-state index contributed by atoms with van der Waals surface area (Å²) in [6, 6.07) is 9.49. The molecule has 0 saturated heterocycles. The second-order valence-corrected chi connectivity index (χ2v) is 4.80. The Morgan fingerprint density at radius 1 is 1.09 bits per heavy atom. The summed E-state index contributed by atoms with van der Waals surface area (Å²) in [7, 11) is 4.54. The lowest BCUT2D eigenvalue weighted by molar-refractivity contribution is -0.134. The standard InChI is InChI=1S/C18H19NO4/c1-12-15(9-10-18(20)23-4)16(11-17(19-12)22-3)13-5-7-14(21-2)8-6-13/h5-11H,1-4H3/b10-9+. The van der Waals surface area contributed by atoms with Crippen LogP contribution in [0, 0.1) is 6.92 Å². The number of nitrogens with zero attached hydrogens (tertiary/aromatic N) is 1. The van der Waals surface area contributed by atoms with E-state index >= 15 is 0 Å². The fourth-order valence-corrected chi connectivity index (χ4v) is 2.20. The largest absolute Gasteiger partial charge is 0.497 e. The van der Waals surface area contributed by atoms with Gasteiger partial charge < -0.3 is 14.2 Å². The van der Waals surface area contributed by atoms with Crippen LogP contribution in [0.4, 0.5) is 0 Å². The predicted molar refractivity (Wildman–Crippen MR) is 88.6 cm³/mol. The Morgan fingerprint density at radius 2 is 1.78 bits per heavy atom. The Kier molecular flexibility index (Phi) is 5.36. The van der Waals surface area contributed by atoms with E-state index in [9.17, 15) is 4.79 Å². The zero-order valence-electron chi connectivity index (χ0n) is 13.6. The van der Waals surface area contributed by atoms with Crippen LogP contribution in [-0.2, 0) is 9.53 Å². The topological polar surface area (TPSA) is 57.7 Å². The van der Waals surface area contributed by atoms with Crippen LogP contribution in [0.1, 0.15) is 11.3 Å². The molecule has 0 spiro atoms. The van der Waals surface area contributed by atoms with E-state index in [-0.39, 0.29) is 0 Å². The molecule has 1 aromatic carbocycles. The summed E-state index contributed by atoms with van der Waals surface area (Å²) < 4.78 is 15.1. The van der Waals surface area contributed by atoms with Gasteiger partial charge in [0.15, 0.2) is 0 Å². The number of methoxy groups -OCH3 is 3. The molecule has 0 N–H and O–H groups in total. The van der Waals surface area contributed by atoms with Crippen LogP contribution in [0.25, 0.3) is 17.2 Å². The summed E-state index contributed by atoms with van der Waals surface area (Å²) in [6.45, 7) is 1.87. The molecular weight excluding hydrogens is 294 g/mol. The molecule has 0 unspecified atom stereocenters. The van der Waals surface area contributed by atoms with Crippen molar-refractivity contribution in [1.82, 2.24) is 4.98 Å². The molecule has 5 nitrogen and oxygen atoms in total. The maximum absolute atomic E-state index is 11.4. The zero-order chi connectivity index (χ0) is 16.8. The van der Waals surface area contributed by atoms with Gasteiger partial charge in [-0.1, -0.05) is 12.1 Å². The van der Waals surface area contributed by atoms with Crippen molar-refractivity contribution in [3.63, 3.8) is 0 Å². The quantitative estimate of drug-likeness (QED) is 0.626. The van der Waals surface area contributed by atoms with Crippen LogP contribution in [0.2, 0.25) is 0 Å². The van der Waals surface area contributed by atoms with Crippen molar-refractivity contribution >= 4 is 12.0 Å². The van der Waals surface area contributed by atoms with E-state index in [1.54, 1.807) is 20.3 Å². The minimum absolute atomic E-state index is 0.416. The van der Waals surface area contributed by atoms with Crippen LogP contribution < -0.4 is 9.47 Å². The van der Waals surface area contributed by atoms with E-state index in [0.717, 1.165) is 28.1 Å². The summed E-state index contributed by atoms with van der Waals surface area (Å²) in [5.41, 5.74) is 3.48. The maximum Gasteiger partial charge on any atom is 0.330 e. The molecule has 2 rings (SSSR count). The zero-order valence-corrected chi connectivity index (χ0v) is 13.6. The average Bonchev–Trinajstić information content (AvgIpc) is 2.59. The summed E-state index contributed by atoms with van der Waals surface area (Å²) in [5, 5.41) is 0. The monoisotopic (exact) mass is 313 g/mol. The minimum Gasteiger partial charge on any atom is -0.497 e. The number of aryl methyl sites for hydroxylation is 1. The highest BCUT2D eigenvalue weighted by Gasteiger charge is 2.11. The number of benzene rings is 1. The number of aromatic nitrogens is 1. The summed E-state index contributed by atoms with van der Waals surface area (Å²) in [4.78, 5) is 15.7. The van der Waals surface area contributed by atoms with Gasteiger partial charge in [0.25, 0.3) is 0 Å². The number of esters is 1. The fraction of sp³-hybridized carbons (Fsp3) is 0.222. The first-order chi connectivity index (χ1) is 11.1. The number of carbonyl (C=O) groups excluding carboxylic acids is 1. The Bertz CT molecular complexity index is 721. The molecule has 0 amide bonds. The van der Waals surface area contributed by atoms with Crippen molar-refractivity contribution < 1.29 is 19.0 Å². The van der Waals surface area contributed by atoms with Gasteiger partial charge in [-0.05, 0) is 36.3 Å². The molecule has 2 aromatic rings. The second kappa shape index (κ2) is 7.45. The molecule has 1 aromatic heterocycles. The molecule has 0 saturated carbocycles. The highest BCUT2D eigenvalue weighted by atomic mass is 16.5. The van der Waals surface area contributed by atoms with Crippen molar-refractivity contribution in [3.05, 3.63) is 47.7 Å². The van der Waals surface area contributed by atoms with Gasteiger partial charge in [-0.3, -0.25) is 0 Å². The Labute approximate surface area is 135 Å². The Hall–Kier alpha value is -2.82. The lowest BCUT2D eigenvalue weighted by atomic mass is 9.98. The van der Waals surface area contributed by atoms with E-state index in [1.807, 2.05) is 37.3 Å². The molecule has 0 aliphatic carbocycles. The molecule has 23 heavy (non-hydrogen) atoms. The maximum atomic E-state index is 11.4. The lowest BCUT2D eigenvalue weighted by Gasteiger charge is -2.12. The van der Waals surface area contributed by atoms with Crippen LogP contribution in [0.15, 0.2) is 36.4 Å². The number of ether oxygens (including phenoxy) is 3. The summed E-state index contributed by atoms with van der Waals surface area (Å²) in [6.07, 6.45) is 3.08. The Balaban J connectivity index is 2.55. The highest BCUT2D eigenvalue weighted by molar-refractivity contribution is 5.89. The molecule has 0 radical (unpaired) electrons.